The summed E-state index contributed by atoms with van der Waals surface area (Å²) in [7, 11) is 1.25. The molecule has 1 aliphatic rings. The van der Waals surface area contributed by atoms with Crippen LogP contribution in [0.15, 0.2) is 30.3 Å². The molecule has 0 radical (unpaired) electrons. The number of methoxy groups -OCH3 is 1. The summed E-state index contributed by atoms with van der Waals surface area (Å²) in [6.45, 7) is 2.80. The van der Waals surface area contributed by atoms with E-state index in [9.17, 15) is 13.2 Å². The highest BCUT2D eigenvalue weighted by molar-refractivity contribution is 5.66. The van der Waals surface area contributed by atoms with E-state index in [1.807, 2.05) is 0 Å². The van der Waals surface area contributed by atoms with Crippen LogP contribution in [0, 0.1) is 23.4 Å². The Morgan fingerprint density at radius 2 is 1.80 bits per heavy atom. The van der Waals surface area contributed by atoms with Gasteiger partial charge >= 0.3 is 0 Å². The Balaban J connectivity index is 1.87. The summed E-state index contributed by atoms with van der Waals surface area (Å²) in [5.41, 5.74) is 0.619. The number of hydrogen-bond donors (Lipinski definition) is 0. The quantitative estimate of drug-likeness (QED) is 0.709. The summed E-state index contributed by atoms with van der Waals surface area (Å²) in [6.07, 6.45) is 2.80. The topological polar surface area (TPSA) is 18.5 Å². The molecular weight excluding hydrogens is 329 g/mol. The second kappa shape index (κ2) is 7.48. The molecule has 2 unspecified atom stereocenters. The fraction of sp³-hybridized carbons (Fsp3) is 0.400. The lowest BCUT2D eigenvalue weighted by molar-refractivity contribution is -0.0182. The summed E-state index contributed by atoms with van der Waals surface area (Å²) < 4.78 is 53.2. The minimum atomic E-state index is -1.12. The lowest BCUT2D eigenvalue weighted by Crippen LogP contribution is -2.20. The standard InChI is InChI=1S/C20H21F3O2/c1-3-12-4-8-17(25-11-12)13-5-6-14(16(21)10-13)15-7-9-18(24-2)20(23)19(15)22/h5-7,9-10,12,17H,3-4,8,11H2,1-2H3. The van der Waals surface area contributed by atoms with Crippen molar-refractivity contribution in [3.63, 3.8) is 0 Å². The summed E-state index contributed by atoms with van der Waals surface area (Å²) in [6, 6.07) is 7.16. The van der Waals surface area contributed by atoms with Crippen LogP contribution in [-0.4, -0.2) is 13.7 Å². The number of halogens is 3. The fourth-order valence-electron chi connectivity index (χ4n) is 3.24. The SMILES string of the molecule is CCC1CCC(c2ccc(-c3ccc(OC)c(F)c3F)c(F)c2)OC1. The molecule has 0 N–H and O–H groups in total. The average molecular weight is 350 g/mol. The molecule has 1 aliphatic heterocycles. The van der Waals surface area contributed by atoms with Gasteiger partial charge in [-0.15, -0.1) is 0 Å². The van der Waals surface area contributed by atoms with E-state index in [-0.39, 0.29) is 23.0 Å². The van der Waals surface area contributed by atoms with E-state index in [4.69, 9.17) is 9.47 Å². The molecular formula is C20H21F3O2. The Morgan fingerprint density at radius 3 is 2.40 bits per heavy atom. The van der Waals surface area contributed by atoms with Crippen molar-refractivity contribution in [2.24, 2.45) is 5.92 Å². The highest BCUT2D eigenvalue weighted by Crippen LogP contribution is 2.35. The van der Waals surface area contributed by atoms with Crippen molar-refractivity contribution >= 4 is 0 Å². The Hall–Kier alpha value is -2.01. The zero-order valence-electron chi connectivity index (χ0n) is 14.3. The molecule has 3 rings (SSSR count). The van der Waals surface area contributed by atoms with Crippen LogP contribution in [0.25, 0.3) is 11.1 Å². The van der Waals surface area contributed by atoms with Gasteiger partial charge in [0.15, 0.2) is 11.6 Å². The van der Waals surface area contributed by atoms with Crippen LogP contribution in [0.2, 0.25) is 0 Å². The summed E-state index contributed by atoms with van der Waals surface area (Å²) in [4.78, 5) is 0. The molecule has 2 aromatic carbocycles. The van der Waals surface area contributed by atoms with E-state index in [2.05, 4.69) is 6.92 Å². The maximum Gasteiger partial charge on any atom is 0.201 e. The van der Waals surface area contributed by atoms with E-state index >= 15 is 0 Å². The van der Waals surface area contributed by atoms with Gasteiger partial charge in [-0.1, -0.05) is 25.5 Å². The van der Waals surface area contributed by atoms with Gasteiger partial charge in [0.05, 0.1) is 19.8 Å². The third-order valence-corrected chi connectivity index (χ3v) is 4.87. The van der Waals surface area contributed by atoms with Crippen LogP contribution in [0.3, 0.4) is 0 Å². The second-order valence-electron chi connectivity index (χ2n) is 6.36. The third-order valence-electron chi connectivity index (χ3n) is 4.87. The van der Waals surface area contributed by atoms with Crippen LogP contribution >= 0.6 is 0 Å². The van der Waals surface area contributed by atoms with Crippen molar-refractivity contribution in [1.29, 1.82) is 0 Å². The van der Waals surface area contributed by atoms with Gasteiger partial charge in [0.1, 0.15) is 5.82 Å². The molecule has 0 amide bonds. The Morgan fingerprint density at radius 1 is 1.04 bits per heavy atom. The van der Waals surface area contributed by atoms with Gasteiger partial charge in [0, 0.05) is 11.1 Å². The zero-order valence-corrected chi connectivity index (χ0v) is 14.3. The molecule has 1 fully saturated rings. The molecule has 0 aliphatic carbocycles. The van der Waals surface area contributed by atoms with Crippen LogP contribution in [0.1, 0.15) is 37.9 Å². The molecule has 1 saturated heterocycles. The molecule has 0 saturated carbocycles. The molecule has 0 spiro atoms. The molecule has 2 aromatic rings. The maximum atomic E-state index is 14.6. The van der Waals surface area contributed by atoms with Crippen molar-refractivity contribution in [2.45, 2.75) is 32.3 Å². The van der Waals surface area contributed by atoms with Crippen LogP contribution in [-0.2, 0) is 4.74 Å². The van der Waals surface area contributed by atoms with Gasteiger partial charge in [0.2, 0.25) is 5.82 Å². The average Bonchev–Trinajstić information content (AvgIpc) is 2.64. The largest absolute Gasteiger partial charge is 0.494 e. The van der Waals surface area contributed by atoms with Crippen molar-refractivity contribution < 1.29 is 22.6 Å². The van der Waals surface area contributed by atoms with Crippen molar-refractivity contribution in [1.82, 2.24) is 0 Å². The van der Waals surface area contributed by atoms with Gasteiger partial charge < -0.3 is 9.47 Å². The van der Waals surface area contributed by atoms with Crippen molar-refractivity contribution in [3.8, 4) is 16.9 Å². The first-order valence-corrected chi connectivity index (χ1v) is 8.48. The van der Waals surface area contributed by atoms with E-state index < -0.39 is 17.5 Å². The summed E-state index contributed by atoms with van der Waals surface area (Å²) in [5, 5.41) is 0. The van der Waals surface area contributed by atoms with E-state index in [1.165, 1.54) is 31.4 Å². The first-order chi connectivity index (χ1) is 12.0. The Labute approximate surface area is 145 Å². The molecule has 25 heavy (non-hydrogen) atoms. The number of benzene rings is 2. The predicted octanol–water partition coefficient (Wildman–Crippen LogP) is 5.66. The molecule has 134 valence electrons. The van der Waals surface area contributed by atoms with E-state index in [1.54, 1.807) is 6.07 Å². The Kier molecular flexibility index (Phi) is 5.33. The van der Waals surface area contributed by atoms with Gasteiger partial charge in [-0.25, -0.2) is 8.78 Å². The lowest BCUT2D eigenvalue weighted by Gasteiger charge is -2.28. The number of rotatable bonds is 4. The van der Waals surface area contributed by atoms with E-state index in [0.29, 0.717) is 12.5 Å². The number of ether oxygens (including phenoxy) is 2. The molecule has 2 nitrogen and oxygen atoms in total. The van der Waals surface area contributed by atoms with Crippen molar-refractivity contribution in [3.05, 3.63) is 53.3 Å². The highest BCUT2D eigenvalue weighted by Gasteiger charge is 2.23. The fourth-order valence-corrected chi connectivity index (χ4v) is 3.24. The molecule has 0 aromatic heterocycles. The lowest BCUT2D eigenvalue weighted by atomic mass is 9.92. The van der Waals surface area contributed by atoms with Crippen molar-refractivity contribution in [2.75, 3.05) is 13.7 Å². The molecule has 2 atom stereocenters. The molecule has 0 bridgehead atoms. The maximum absolute atomic E-state index is 14.6. The highest BCUT2D eigenvalue weighted by atomic mass is 19.2. The van der Waals surface area contributed by atoms with Gasteiger partial charge in [-0.05, 0) is 42.5 Å². The number of hydrogen-bond acceptors (Lipinski definition) is 2. The summed E-state index contributed by atoms with van der Waals surface area (Å²) in [5.74, 6) is -2.49. The van der Waals surface area contributed by atoms with Crippen LogP contribution < -0.4 is 4.74 Å². The first-order valence-electron chi connectivity index (χ1n) is 8.48. The van der Waals surface area contributed by atoms with Gasteiger partial charge in [-0.2, -0.15) is 4.39 Å². The smallest absolute Gasteiger partial charge is 0.201 e. The molecule has 1 heterocycles. The van der Waals surface area contributed by atoms with E-state index in [0.717, 1.165) is 24.8 Å². The second-order valence-corrected chi connectivity index (χ2v) is 6.36. The normalized spacial score (nSPS) is 20.5. The summed E-state index contributed by atoms with van der Waals surface area (Å²) >= 11 is 0. The predicted molar refractivity (Wildman–Crippen MR) is 90.0 cm³/mol. The van der Waals surface area contributed by atoms with Gasteiger partial charge in [0.25, 0.3) is 0 Å². The van der Waals surface area contributed by atoms with Gasteiger partial charge in [-0.3, -0.25) is 0 Å². The monoisotopic (exact) mass is 350 g/mol. The minimum Gasteiger partial charge on any atom is -0.494 e. The molecule has 5 heteroatoms. The minimum absolute atomic E-state index is 0.0186. The van der Waals surface area contributed by atoms with Crippen LogP contribution in [0.5, 0.6) is 5.75 Å². The Bertz CT molecular complexity index is 753. The first kappa shape index (κ1) is 17.8. The third kappa shape index (κ3) is 3.52. The zero-order chi connectivity index (χ0) is 18.0. The van der Waals surface area contributed by atoms with Crippen LogP contribution in [0.4, 0.5) is 13.2 Å².